The van der Waals surface area contributed by atoms with Gasteiger partial charge >= 0.3 is 12.1 Å². The molecule has 5 nitrogen and oxygen atoms in total. The van der Waals surface area contributed by atoms with Crippen LogP contribution in [0.25, 0.3) is 0 Å². The second kappa shape index (κ2) is 8.37. The Hall–Kier alpha value is -3.03. The van der Waals surface area contributed by atoms with Crippen LogP contribution in [0.15, 0.2) is 54.6 Å². The minimum Gasteiger partial charge on any atom is -0.480 e. The van der Waals surface area contributed by atoms with Crippen molar-refractivity contribution in [2.75, 3.05) is 18.0 Å². The van der Waals surface area contributed by atoms with E-state index in [4.69, 9.17) is 5.11 Å². The smallest absolute Gasteiger partial charge is 0.416 e. The molecule has 0 saturated carbocycles. The Labute approximate surface area is 148 Å². The molecule has 8 heteroatoms. The molecule has 2 aromatic carbocycles. The molecule has 0 aliphatic rings. The summed E-state index contributed by atoms with van der Waals surface area (Å²) >= 11 is 0. The quantitative estimate of drug-likeness (QED) is 0.791. The number of rotatable bonds is 7. The van der Waals surface area contributed by atoms with Crippen LogP contribution in [0.1, 0.15) is 11.1 Å². The Bertz CT molecular complexity index is 747. The van der Waals surface area contributed by atoms with Gasteiger partial charge < -0.3 is 15.3 Å². The summed E-state index contributed by atoms with van der Waals surface area (Å²) in [6.07, 6.45) is -4.41. The highest BCUT2D eigenvalue weighted by Gasteiger charge is 2.29. The molecule has 1 amide bonds. The molecule has 0 saturated heterocycles. The Morgan fingerprint density at radius 3 is 2.12 bits per heavy atom. The first kappa shape index (κ1) is 19.3. The maximum absolute atomic E-state index is 12.5. The fraction of sp³-hybridized carbons (Fsp3) is 0.222. The minimum atomic E-state index is -4.41. The molecule has 0 aromatic heterocycles. The van der Waals surface area contributed by atoms with Gasteiger partial charge in [-0.2, -0.15) is 13.2 Å². The van der Waals surface area contributed by atoms with Crippen molar-refractivity contribution in [2.45, 2.75) is 12.7 Å². The summed E-state index contributed by atoms with van der Waals surface area (Å²) in [7, 11) is 0. The van der Waals surface area contributed by atoms with Gasteiger partial charge in [0, 0.05) is 12.2 Å². The third-order valence-corrected chi connectivity index (χ3v) is 3.55. The summed E-state index contributed by atoms with van der Waals surface area (Å²) in [5.74, 6) is -1.51. The molecule has 0 atom stereocenters. The molecule has 2 N–H and O–H groups in total. The molecule has 0 fully saturated rings. The predicted molar refractivity (Wildman–Crippen MR) is 89.6 cm³/mol. The van der Waals surface area contributed by atoms with E-state index in [1.807, 2.05) is 0 Å². The number of aliphatic carboxylic acids is 1. The van der Waals surface area contributed by atoms with Gasteiger partial charge in [-0.05, 0) is 29.8 Å². The van der Waals surface area contributed by atoms with E-state index in [0.717, 1.165) is 12.1 Å². The van der Waals surface area contributed by atoms with Crippen molar-refractivity contribution >= 4 is 17.6 Å². The standard InChI is InChI=1S/C18H17F3N2O3/c19-18(20,21)14-8-6-13(7-9-14)10-22-16(24)11-23(12-17(25)26)15-4-2-1-3-5-15/h1-9H,10-12H2,(H,22,24)(H,25,26). The van der Waals surface area contributed by atoms with Crippen LogP contribution in [0.2, 0.25) is 0 Å². The Morgan fingerprint density at radius 2 is 1.58 bits per heavy atom. The number of anilines is 1. The molecule has 0 radical (unpaired) electrons. The lowest BCUT2D eigenvalue weighted by atomic mass is 10.1. The number of carboxylic acids is 1. The largest absolute Gasteiger partial charge is 0.480 e. The van der Waals surface area contributed by atoms with Crippen LogP contribution in [0.5, 0.6) is 0 Å². The van der Waals surface area contributed by atoms with Gasteiger partial charge in [-0.3, -0.25) is 9.59 Å². The lowest BCUT2D eigenvalue weighted by molar-refractivity contribution is -0.138. The van der Waals surface area contributed by atoms with Gasteiger partial charge in [0.15, 0.2) is 0 Å². The Kier molecular flexibility index (Phi) is 6.21. The van der Waals surface area contributed by atoms with E-state index in [0.29, 0.717) is 11.3 Å². The number of nitrogens with one attached hydrogen (secondary N) is 1. The number of halogens is 3. The highest BCUT2D eigenvalue weighted by molar-refractivity contribution is 5.84. The first-order chi connectivity index (χ1) is 12.3. The molecule has 0 heterocycles. The van der Waals surface area contributed by atoms with Crippen LogP contribution < -0.4 is 10.2 Å². The summed E-state index contributed by atoms with van der Waals surface area (Å²) in [4.78, 5) is 24.5. The number of para-hydroxylation sites is 1. The fourth-order valence-corrected chi connectivity index (χ4v) is 2.28. The molecule has 2 aromatic rings. The lowest BCUT2D eigenvalue weighted by Crippen LogP contribution is -2.39. The SMILES string of the molecule is O=C(O)CN(CC(=O)NCc1ccc(C(F)(F)F)cc1)c1ccccc1. The van der Waals surface area contributed by atoms with Crippen molar-refractivity contribution in [1.82, 2.24) is 5.32 Å². The molecule has 0 aliphatic carbocycles. The highest BCUT2D eigenvalue weighted by Crippen LogP contribution is 2.29. The van der Waals surface area contributed by atoms with Crippen molar-refractivity contribution in [1.29, 1.82) is 0 Å². The second-order valence-electron chi connectivity index (χ2n) is 5.56. The van der Waals surface area contributed by atoms with E-state index in [1.54, 1.807) is 30.3 Å². The molecular weight excluding hydrogens is 349 g/mol. The van der Waals surface area contributed by atoms with Crippen molar-refractivity contribution in [3.63, 3.8) is 0 Å². The summed E-state index contributed by atoms with van der Waals surface area (Å²) in [6, 6.07) is 13.1. The molecule has 26 heavy (non-hydrogen) atoms. The summed E-state index contributed by atoms with van der Waals surface area (Å²) in [6.45, 7) is -0.485. The molecule has 2 rings (SSSR count). The summed E-state index contributed by atoms with van der Waals surface area (Å²) < 4.78 is 37.6. The van der Waals surface area contributed by atoms with Crippen molar-refractivity contribution in [2.24, 2.45) is 0 Å². The van der Waals surface area contributed by atoms with E-state index >= 15 is 0 Å². The lowest BCUT2D eigenvalue weighted by Gasteiger charge is -2.22. The number of alkyl halides is 3. The van der Waals surface area contributed by atoms with Crippen LogP contribution in [0.3, 0.4) is 0 Å². The van der Waals surface area contributed by atoms with Crippen molar-refractivity contribution in [3.05, 3.63) is 65.7 Å². The number of carboxylic acid groups (broad SMARTS) is 1. The topological polar surface area (TPSA) is 69.6 Å². The van der Waals surface area contributed by atoms with E-state index in [-0.39, 0.29) is 19.6 Å². The average molecular weight is 366 g/mol. The van der Waals surface area contributed by atoms with Crippen molar-refractivity contribution in [3.8, 4) is 0 Å². The molecule has 0 aliphatic heterocycles. The Morgan fingerprint density at radius 1 is 0.962 bits per heavy atom. The third kappa shape index (κ3) is 5.80. The van der Waals surface area contributed by atoms with Crippen molar-refractivity contribution < 1.29 is 27.9 Å². The minimum absolute atomic E-state index is 0.0483. The molecular formula is C18H17F3N2O3. The van der Waals surface area contributed by atoms with E-state index in [2.05, 4.69) is 5.32 Å². The molecule has 0 unspecified atom stereocenters. The number of carbonyl (C=O) groups excluding carboxylic acids is 1. The summed E-state index contributed by atoms with van der Waals surface area (Å²) in [5.41, 5.74) is 0.333. The normalized spacial score (nSPS) is 11.0. The first-order valence-corrected chi connectivity index (χ1v) is 7.70. The average Bonchev–Trinajstić information content (AvgIpc) is 2.59. The first-order valence-electron chi connectivity index (χ1n) is 7.70. The predicted octanol–water partition coefficient (Wildman–Crippen LogP) is 2.91. The van der Waals surface area contributed by atoms with Gasteiger partial charge in [0.1, 0.15) is 6.54 Å². The molecule has 0 spiro atoms. The van der Waals surface area contributed by atoms with Gasteiger partial charge in [-0.25, -0.2) is 0 Å². The zero-order valence-corrected chi connectivity index (χ0v) is 13.7. The number of carbonyl (C=O) groups is 2. The van der Waals surface area contributed by atoms with Crippen LogP contribution in [0, 0.1) is 0 Å². The number of amides is 1. The maximum atomic E-state index is 12.5. The number of nitrogens with zero attached hydrogens (tertiary/aromatic N) is 1. The molecule has 138 valence electrons. The zero-order chi connectivity index (χ0) is 19.2. The van der Waals surface area contributed by atoms with Crippen LogP contribution in [-0.4, -0.2) is 30.1 Å². The van der Waals surface area contributed by atoms with Gasteiger partial charge in [0.05, 0.1) is 12.1 Å². The van der Waals surface area contributed by atoms with Crippen LogP contribution >= 0.6 is 0 Å². The van der Waals surface area contributed by atoms with Gasteiger partial charge in [0.2, 0.25) is 5.91 Å². The number of hydrogen-bond donors (Lipinski definition) is 2. The number of hydrogen-bond acceptors (Lipinski definition) is 3. The maximum Gasteiger partial charge on any atom is 0.416 e. The van der Waals surface area contributed by atoms with Gasteiger partial charge in [-0.1, -0.05) is 30.3 Å². The molecule has 0 bridgehead atoms. The van der Waals surface area contributed by atoms with E-state index < -0.39 is 23.6 Å². The van der Waals surface area contributed by atoms with Crippen LogP contribution in [0.4, 0.5) is 18.9 Å². The van der Waals surface area contributed by atoms with Gasteiger partial charge in [0.25, 0.3) is 0 Å². The second-order valence-corrected chi connectivity index (χ2v) is 5.56. The number of benzene rings is 2. The monoisotopic (exact) mass is 366 g/mol. The van der Waals surface area contributed by atoms with E-state index in [1.165, 1.54) is 17.0 Å². The Balaban J connectivity index is 1.94. The van der Waals surface area contributed by atoms with E-state index in [9.17, 15) is 22.8 Å². The zero-order valence-electron chi connectivity index (χ0n) is 13.7. The van der Waals surface area contributed by atoms with Crippen LogP contribution in [-0.2, 0) is 22.3 Å². The van der Waals surface area contributed by atoms with Gasteiger partial charge in [-0.15, -0.1) is 0 Å². The summed E-state index contributed by atoms with van der Waals surface area (Å²) in [5, 5.41) is 11.6. The third-order valence-electron chi connectivity index (χ3n) is 3.55. The fourth-order valence-electron chi connectivity index (χ4n) is 2.28. The highest BCUT2D eigenvalue weighted by atomic mass is 19.4.